The molecule has 1 unspecified atom stereocenters. The fraction of sp³-hybridized carbons (Fsp3) is 0.438. The summed E-state index contributed by atoms with van der Waals surface area (Å²) < 4.78 is 7.22. The first kappa shape index (κ1) is 15.3. The van der Waals surface area contributed by atoms with Crippen LogP contribution in [0.5, 0.6) is 5.75 Å². The molecular weight excluding hydrogens is 296 g/mol. The SMILES string of the molecule is CCOc1cccc(N2CCC(c3cnn(C)c3)C2)c1[N+](=O)[O-]. The van der Waals surface area contributed by atoms with Crippen LogP contribution in [0.25, 0.3) is 0 Å². The second-order valence-corrected chi connectivity index (χ2v) is 5.69. The minimum absolute atomic E-state index is 0.0567. The monoisotopic (exact) mass is 316 g/mol. The molecule has 1 fully saturated rings. The van der Waals surface area contributed by atoms with Gasteiger partial charge in [-0.15, -0.1) is 0 Å². The molecule has 7 heteroatoms. The van der Waals surface area contributed by atoms with E-state index in [1.165, 1.54) is 5.56 Å². The smallest absolute Gasteiger partial charge is 0.333 e. The number of nitro groups is 1. The molecule has 0 aliphatic carbocycles. The van der Waals surface area contributed by atoms with Gasteiger partial charge in [0.05, 0.1) is 17.7 Å². The summed E-state index contributed by atoms with van der Waals surface area (Å²) in [4.78, 5) is 13.2. The summed E-state index contributed by atoms with van der Waals surface area (Å²) in [5.41, 5.74) is 1.87. The second kappa shape index (κ2) is 6.28. The average Bonchev–Trinajstić information content (AvgIpc) is 3.15. The summed E-state index contributed by atoms with van der Waals surface area (Å²) in [6.07, 6.45) is 4.85. The Morgan fingerprint density at radius 1 is 1.48 bits per heavy atom. The molecule has 1 aromatic heterocycles. The first-order valence-corrected chi connectivity index (χ1v) is 7.73. The van der Waals surface area contributed by atoms with Crippen LogP contribution < -0.4 is 9.64 Å². The molecule has 0 radical (unpaired) electrons. The van der Waals surface area contributed by atoms with Crippen LogP contribution in [0.15, 0.2) is 30.6 Å². The Morgan fingerprint density at radius 3 is 2.96 bits per heavy atom. The number of para-hydroxylation sites is 1. The Morgan fingerprint density at radius 2 is 2.30 bits per heavy atom. The van der Waals surface area contributed by atoms with Crippen molar-refractivity contribution in [1.82, 2.24) is 9.78 Å². The summed E-state index contributed by atoms with van der Waals surface area (Å²) in [5.74, 6) is 0.680. The molecular formula is C16H20N4O3. The van der Waals surface area contributed by atoms with E-state index in [0.29, 0.717) is 24.0 Å². The Labute approximate surface area is 134 Å². The van der Waals surface area contributed by atoms with Gasteiger partial charge in [-0.05, 0) is 31.0 Å². The Kier molecular flexibility index (Phi) is 4.18. The van der Waals surface area contributed by atoms with Crippen molar-refractivity contribution in [1.29, 1.82) is 0 Å². The molecule has 1 aliphatic heterocycles. The highest BCUT2D eigenvalue weighted by Gasteiger charge is 2.31. The van der Waals surface area contributed by atoms with Crippen LogP contribution in [0.1, 0.15) is 24.8 Å². The number of aryl methyl sites for hydroxylation is 1. The van der Waals surface area contributed by atoms with Gasteiger partial charge in [0.15, 0.2) is 5.75 Å². The molecule has 1 atom stereocenters. The summed E-state index contributed by atoms with van der Waals surface area (Å²) in [5, 5.41) is 15.7. The lowest BCUT2D eigenvalue weighted by molar-refractivity contribution is -0.385. The van der Waals surface area contributed by atoms with Crippen molar-refractivity contribution < 1.29 is 9.66 Å². The molecule has 0 spiro atoms. The molecule has 23 heavy (non-hydrogen) atoms. The molecule has 1 saturated heterocycles. The van der Waals surface area contributed by atoms with Gasteiger partial charge in [0.1, 0.15) is 5.69 Å². The van der Waals surface area contributed by atoms with E-state index in [1.807, 2.05) is 32.4 Å². The van der Waals surface area contributed by atoms with Gasteiger partial charge in [0.2, 0.25) is 0 Å². The van der Waals surface area contributed by atoms with Crippen molar-refractivity contribution in [2.24, 2.45) is 7.05 Å². The number of hydrogen-bond acceptors (Lipinski definition) is 5. The van der Waals surface area contributed by atoms with E-state index in [9.17, 15) is 10.1 Å². The van der Waals surface area contributed by atoms with E-state index < -0.39 is 0 Å². The van der Waals surface area contributed by atoms with Gasteiger partial charge in [0.25, 0.3) is 0 Å². The van der Waals surface area contributed by atoms with E-state index in [-0.39, 0.29) is 10.6 Å². The summed E-state index contributed by atoms with van der Waals surface area (Å²) >= 11 is 0. The minimum Gasteiger partial charge on any atom is -0.487 e. The van der Waals surface area contributed by atoms with Crippen LogP contribution in [-0.2, 0) is 7.05 Å². The summed E-state index contributed by atoms with van der Waals surface area (Å²) in [6, 6.07) is 5.26. The normalized spacial score (nSPS) is 17.5. The Balaban J connectivity index is 1.87. The molecule has 3 rings (SSSR count). The number of rotatable bonds is 5. The number of aromatic nitrogens is 2. The van der Waals surface area contributed by atoms with Crippen molar-refractivity contribution >= 4 is 11.4 Å². The van der Waals surface area contributed by atoms with Crippen molar-refractivity contribution in [2.75, 3.05) is 24.6 Å². The fourth-order valence-electron chi connectivity index (χ4n) is 3.12. The highest BCUT2D eigenvalue weighted by Crippen LogP contribution is 2.40. The third-order valence-electron chi connectivity index (χ3n) is 4.19. The van der Waals surface area contributed by atoms with Crippen molar-refractivity contribution in [3.63, 3.8) is 0 Å². The van der Waals surface area contributed by atoms with Gasteiger partial charge in [-0.1, -0.05) is 6.07 Å². The maximum absolute atomic E-state index is 11.5. The van der Waals surface area contributed by atoms with Gasteiger partial charge in [0, 0.05) is 32.3 Å². The molecule has 0 N–H and O–H groups in total. The van der Waals surface area contributed by atoms with E-state index in [0.717, 1.165) is 19.5 Å². The van der Waals surface area contributed by atoms with Crippen LogP contribution in [0.4, 0.5) is 11.4 Å². The molecule has 122 valence electrons. The van der Waals surface area contributed by atoms with E-state index in [4.69, 9.17) is 4.74 Å². The van der Waals surface area contributed by atoms with Crippen LogP contribution in [0.3, 0.4) is 0 Å². The number of ether oxygens (including phenoxy) is 1. The number of hydrogen-bond donors (Lipinski definition) is 0. The fourth-order valence-corrected chi connectivity index (χ4v) is 3.12. The zero-order chi connectivity index (χ0) is 16.4. The average molecular weight is 316 g/mol. The van der Waals surface area contributed by atoms with Gasteiger partial charge in [-0.3, -0.25) is 14.8 Å². The zero-order valence-corrected chi connectivity index (χ0v) is 13.3. The second-order valence-electron chi connectivity index (χ2n) is 5.69. The predicted octanol–water partition coefficient (Wildman–Crippen LogP) is 2.72. The van der Waals surface area contributed by atoms with E-state index in [1.54, 1.807) is 16.8 Å². The van der Waals surface area contributed by atoms with Crippen LogP contribution in [0, 0.1) is 10.1 Å². The number of anilines is 1. The van der Waals surface area contributed by atoms with Crippen molar-refractivity contribution in [3.8, 4) is 5.75 Å². The van der Waals surface area contributed by atoms with Gasteiger partial charge in [-0.25, -0.2) is 0 Å². The minimum atomic E-state index is -0.349. The summed E-state index contributed by atoms with van der Waals surface area (Å²) in [6.45, 7) is 3.77. The van der Waals surface area contributed by atoms with E-state index in [2.05, 4.69) is 10.00 Å². The third kappa shape index (κ3) is 2.99. The summed E-state index contributed by atoms with van der Waals surface area (Å²) in [7, 11) is 1.90. The molecule has 2 heterocycles. The first-order chi connectivity index (χ1) is 11.1. The van der Waals surface area contributed by atoms with Crippen LogP contribution in [-0.4, -0.2) is 34.4 Å². The Bertz CT molecular complexity index is 713. The van der Waals surface area contributed by atoms with Crippen molar-refractivity contribution in [2.45, 2.75) is 19.3 Å². The molecule has 0 saturated carbocycles. The molecule has 1 aromatic carbocycles. The number of nitrogens with zero attached hydrogens (tertiary/aromatic N) is 4. The third-order valence-corrected chi connectivity index (χ3v) is 4.19. The Hall–Kier alpha value is -2.57. The lowest BCUT2D eigenvalue weighted by Crippen LogP contribution is -2.20. The number of nitro benzene ring substituents is 1. The van der Waals surface area contributed by atoms with E-state index >= 15 is 0 Å². The lowest BCUT2D eigenvalue weighted by atomic mass is 10.0. The van der Waals surface area contributed by atoms with Gasteiger partial charge < -0.3 is 9.64 Å². The standard InChI is InChI=1S/C16H20N4O3/c1-3-23-15-6-4-5-14(16(15)20(21)22)19-8-7-12(11-19)13-9-17-18(2)10-13/h4-6,9-10,12H,3,7-8,11H2,1-2H3. The van der Waals surface area contributed by atoms with Crippen LogP contribution >= 0.6 is 0 Å². The maximum atomic E-state index is 11.5. The largest absolute Gasteiger partial charge is 0.487 e. The molecule has 0 amide bonds. The molecule has 1 aliphatic rings. The molecule has 0 bridgehead atoms. The van der Waals surface area contributed by atoms with Crippen molar-refractivity contribution in [3.05, 3.63) is 46.3 Å². The number of benzene rings is 1. The quantitative estimate of drug-likeness (QED) is 0.626. The lowest BCUT2D eigenvalue weighted by Gasteiger charge is -2.19. The van der Waals surface area contributed by atoms with Gasteiger partial charge >= 0.3 is 5.69 Å². The highest BCUT2D eigenvalue weighted by atomic mass is 16.6. The van der Waals surface area contributed by atoms with Crippen LogP contribution in [0.2, 0.25) is 0 Å². The first-order valence-electron chi connectivity index (χ1n) is 7.73. The van der Waals surface area contributed by atoms with Gasteiger partial charge in [-0.2, -0.15) is 5.10 Å². The predicted molar refractivity (Wildman–Crippen MR) is 87.0 cm³/mol. The maximum Gasteiger partial charge on any atom is 0.333 e. The highest BCUT2D eigenvalue weighted by molar-refractivity contribution is 5.70. The molecule has 7 nitrogen and oxygen atoms in total. The molecule has 2 aromatic rings. The topological polar surface area (TPSA) is 73.4 Å². The zero-order valence-electron chi connectivity index (χ0n) is 13.3.